The van der Waals surface area contributed by atoms with Crippen molar-refractivity contribution in [3.05, 3.63) is 9.48 Å². The van der Waals surface area contributed by atoms with Crippen molar-refractivity contribution in [1.82, 2.24) is 0 Å². The maximum Gasteiger partial charge on any atom is 0.0946 e. The van der Waals surface area contributed by atoms with E-state index in [1.165, 1.54) is 5.54 Å². The molecule has 3 heteroatoms. The molecule has 0 aliphatic heterocycles. The lowest BCUT2D eigenvalue weighted by Crippen LogP contribution is -1.32. The smallest absolute Gasteiger partial charge is 0.0908 e. The Hall–Kier alpha value is 0.800. The average molecular weight is 176 g/mol. The molecule has 0 aromatic rings. The molecule has 0 saturated heterocycles. The van der Waals surface area contributed by atoms with Crippen LogP contribution in [0.4, 0.5) is 0 Å². The van der Waals surface area contributed by atoms with Crippen LogP contribution in [-0.2, 0) is 0 Å². The number of rotatable bonds is 0. The highest BCUT2D eigenvalue weighted by molar-refractivity contribution is 9.12. The van der Waals surface area contributed by atoms with Crippen LogP contribution in [0, 0.1) is 0 Å². The quantitative estimate of drug-likeness (QED) is 0.531. The van der Waals surface area contributed by atoms with Crippen molar-refractivity contribution in [3.8, 4) is 0 Å². The van der Waals surface area contributed by atoms with Gasteiger partial charge in [-0.25, -0.2) is 0 Å². The first-order valence-corrected chi connectivity index (χ1v) is 2.49. The van der Waals surface area contributed by atoms with Gasteiger partial charge in [0.15, 0.2) is 0 Å². The molecule has 0 amide bonds. The van der Waals surface area contributed by atoms with E-state index >= 15 is 0 Å². The normalized spacial score (nSPS) is 12.2. The summed E-state index contributed by atoms with van der Waals surface area (Å²) in [4.78, 5) is 0. The second-order valence-corrected chi connectivity index (χ2v) is 2.34. The highest BCUT2D eigenvalue weighted by Crippen LogP contribution is 2.09. The van der Waals surface area contributed by atoms with Gasteiger partial charge in [0.1, 0.15) is 0 Å². The molecule has 0 saturated carbocycles. The summed E-state index contributed by atoms with van der Waals surface area (Å²) in [5.74, 6) is 0. The number of halogens is 3. The van der Waals surface area contributed by atoms with Gasteiger partial charge in [0.25, 0.3) is 0 Å². The summed E-state index contributed by atoms with van der Waals surface area (Å²) in [6.45, 7) is 0. The largest absolute Gasteiger partial charge is 0.0946 e. The van der Waals surface area contributed by atoms with Crippen molar-refractivity contribution in [2.75, 3.05) is 0 Å². The summed E-state index contributed by atoms with van der Waals surface area (Å²) in [5, 5.41) is 0. The SMILES string of the molecule is ClC=C(Cl)Br. The van der Waals surface area contributed by atoms with Gasteiger partial charge >= 0.3 is 0 Å². The molecule has 0 radical (unpaired) electrons. The molecule has 0 aromatic heterocycles. The van der Waals surface area contributed by atoms with E-state index in [0.29, 0.717) is 3.94 Å². The summed E-state index contributed by atoms with van der Waals surface area (Å²) >= 11 is 13.0. The van der Waals surface area contributed by atoms with Gasteiger partial charge in [-0.05, 0) is 15.9 Å². The van der Waals surface area contributed by atoms with Gasteiger partial charge in [-0.2, -0.15) is 0 Å². The third kappa shape index (κ3) is 4.80. The third-order valence-electron chi connectivity index (χ3n) is 0.0825. The third-order valence-corrected chi connectivity index (χ3v) is 1.01. The Morgan fingerprint density at radius 2 is 2.00 bits per heavy atom. The first-order valence-electron chi connectivity index (χ1n) is 0.885. The van der Waals surface area contributed by atoms with Gasteiger partial charge < -0.3 is 0 Å². The Morgan fingerprint density at radius 1 is 1.80 bits per heavy atom. The Bertz CT molecular complexity index is 45.6. The molecule has 0 unspecified atom stereocenters. The second-order valence-electron chi connectivity index (χ2n) is 0.399. The van der Waals surface area contributed by atoms with E-state index in [-0.39, 0.29) is 0 Å². The Kier molecular flexibility index (Phi) is 3.49. The summed E-state index contributed by atoms with van der Waals surface area (Å²) in [6, 6.07) is 0. The van der Waals surface area contributed by atoms with Crippen LogP contribution in [-0.4, -0.2) is 0 Å². The molecule has 0 spiro atoms. The van der Waals surface area contributed by atoms with E-state index in [2.05, 4.69) is 15.9 Å². The Labute approximate surface area is 48.9 Å². The molecular formula is C2HBrCl2. The maximum atomic E-state index is 5.11. The van der Waals surface area contributed by atoms with Crippen LogP contribution in [0.15, 0.2) is 9.48 Å². The summed E-state index contributed by atoms with van der Waals surface area (Å²) in [7, 11) is 0. The standard InChI is InChI=1S/C2HBrCl2/c3-2(5)1-4/h1H. The van der Waals surface area contributed by atoms with E-state index in [4.69, 9.17) is 23.2 Å². The Balaban J connectivity index is 3.14. The fraction of sp³-hybridized carbons (Fsp3) is 0. The topological polar surface area (TPSA) is 0 Å². The zero-order valence-electron chi connectivity index (χ0n) is 2.21. The molecule has 0 aliphatic carbocycles. The highest BCUT2D eigenvalue weighted by Gasteiger charge is 1.69. The zero-order chi connectivity index (χ0) is 4.28. The molecule has 0 bridgehead atoms. The lowest BCUT2D eigenvalue weighted by atomic mass is 11.3. The van der Waals surface area contributed by atoms with Crippen molar-refractivity contribution < 1.29 is 0 Å². The van der Waals surface area contributed by atoms with Crippen molar-refractivity contribution in [2.24, 2.45) is 0 Å². The van der Waals surface area contributed by atoms with Crippen LogP contribution < -0.4 is 0 Å². The van der Waals surface area contributed by atoms with Gasteiger partial charge in [-0.1, -0.05) is 23.2 Å². The fourth-order valence-electron chi connectivity index (χ4n) is 0. The van der Waals surface area contributed by atoms with E-state index in [1.807, 2.05) is 0 Å². The van der Waals surface area contributed by atoms with E-state index < -0.39 is 0 Å². The minimum absolute atomic E-state index is 0.430. The molecule has 0 aromatic carbocycles. The fourth-order valence-corrected chi connectivity index (χ4v) is 0. The molecule has 0 rings (SSSR count). The summed E-state index contributed by atoms with van der Waals surface area (Å²) < 4.78 is 0.430. The predicted octanol–water partition coefficient (Wildman–Crippen LogP) is 2.66. The van der Waals surface area contributed by atoms with Crippen molar-refractivity contribution in [2.45, 2.75) is 0 Å². The minimum atomic E-state index is 0.430. The molecule has 0 fully saturated rings. The van der Waals surface area contributed by atoms with Gasteiger partial charge in [-0.15, -0.1) is 0 Å². The first kappa shape index (κ1) is 5.80. The van der Waals surface area contributed by atoms with Crippen molar-refractivity contribution in [1.29, 1.82) is 0 Å². The molecule has 0 atom stereocenters. The van der Waals surface area contributed by atoms with Crippen LogP contribution in [0.3, 0.4) is 0 Å². The van der Waals surface area contributed by atoms with Gasteiger partial charge in [0.05, 0.1) is 3.94 Å². The average Bonchev–Trinajstić information content (AvgIpc) is 1.38. The predicted molar refractivity (Wildman–Crippen MR) is 28.7 cm³/mol. The van der Waals surface area contributed by atoms with Crippen LogP contribution in [0.1, 0.15) is 0 Å². The molecular weight excluding hydrogens is 175 g/mol. The summed E-state index contributed by atoms with van der Waals surface area (Å²) in [6.07, 6.45) is 0. The second kappa shape index (κ2) is 3.01. The maximum absolute atomic E-state index is 5.11. The van der Waals surface area contributed by atoms with Crippen LogP contribution in [0.5, 0.6) is 0 Å². The van der Waals surface area contributed by atoms with E-state index in [1.54, 1.807) is 0 Å². The molecule has 0 aliphatic rings. The first-order chi connectivity index (χ1) is 2.27. The van der Waals surface area contributed by atoms with Crippen LogP contribution >= 0.6 is 39.1 Å². The van der Waals surface area contributed by atoms with E-state index in [0.717, 1.165) is 0 Å². The van der Waals surface area contributed by atoms with Gasteiger partial charge in [0, 0.05) is 5.54 Å². The van der Waals surface area contributed by atoms with Gasteiger partial charge in [0.2, 0.25) is 0 Å². The van der Waals surface area contributed by atoms with Crippen LogP contribution in [0.25, 0.3) is 0 Å². The molecule has 0 nitrogen and oxygen atoms in total. The zero-order valence-corrected chi connectivity index (χ0v) is 5.31. The summed E-state index contributed by atoms with van der Waals surface area (Å²) in [5.41, 5.74) is 1.24. The highest BCUT2D eigenvalue weighted by atomic mass is 79.9. The molecule has 5 heavy (non-hydrogen) atoms. The molecule has 0 N–H and O–H groups in total. The monoisotopic (exact) mass is 174 g/mol. The number of hydrogen-bond acceptors (Lipinski definition) is 0. The van der Waals surface area contributed by atoms with Crippen molar-refractivity contribution in [3.63, 3.8) is 0 Å². The van der Waals surface area contributed by atoms with E-state index in [9.17, 15) is 0 Å². The Morgan fingerprint density at radius 3 is 2.00 bits per heavy atom. The molecule has 30 valence electrons. The van der Waals surface area contributed by atoms with Gasteiger partial charge in [-0.3, -0.25) is 0 Å². The lowest BCUT2D eigenvalue weighted by Gasteiger charge is -1.65. The van der Waals surface area contributed by atoms with Crippen molar-refractivity contribution >= 4 is 39.1 Å². The molecule has 0 heterocycles. The number of hydrogen-bond donors (Lipinski definition) is 0. The minimum Gasteiger partial charge on any atom is -0.0908 e. The van der Waals surface area contributed by atoms with Crippen LogP contribution in [0.2, 0.25) is 0 Å². The lowest BCUT2D eigenvalue weighted by molar-refractivity contribution is 2.43.